The molecular weight excluding hydrogens is 284 g/mol. The number of carbonyl (C=O) groups is 1. The van der Waals surface area contributed by atoms with Gasteiger partial charge >= 0.3 is 5.97 Å². The number of aryl methyl sites for hydroxylation is 1. The fourth-order valence-electron chi connectivity index (χ4n) is 3.26. The van der Waals surface area contributed by atoms with Crippen molar-refractivity contribution in [1.29, 1.82) is 0 Å². The lowest BCUT2D eigenvalue weighted by Crippen LogP contribution is -2.37. The van der Waals surface area contributed by atoms with E-state index in [0.717, 1.165) is 25.7 Å². The lowest BCUT2D eigenvalue weighted by Gasteiger charge is -2.29. The predicted octanol–water partition coefficient (Wildman–Crippen LogP) is 4.28. The van der Waals surface area contributed by atoms with E-state index in [1.165, 1.54) is 16.7 Å². The van der Waals surface area contributed by atoms with E-state index in [0.29, 0.717) is 5.57 Å². The van der Waals surface area contributed by atoms with Gasteiger partial charge in [0.25, 0.3) is 0 Å². The standard InChI is InChI=1S/C21H22O2/c1-16(2)20(22)23-21(13-12-17-8-4-3-5-9-17)14-18-10-6-7-11-19(18)15-21/h3-11H,1,12-15H2,2H3. The van der Waals surface area contributed by atoms with E-state index in [9.17, 15) is 4.79 Å². The molecule has 0 saturated heterocycles. The van der Waals surface area contributed by atoms with Gasteiger partial charge < -0.3 is 4.74 Å². The van der Waals surface area contributed by atoms with Crippen molar-refractivity contribution < 1.29 is 9.53 Å². The second-order valence-electron chi connectivity index (χ2n) is 6.46. The molecule has 118 valence electrons. The Morgan fingerprint density at radius 3 is 2.17 bits per heavy atom. The van der Waals surface area contributed by atoms with Crippen molar-refractivity contribution in [3.63, 3.8) is 0 Å². The zero-order chi connectivity index (χ0) is 16.3. The number of esters is 1. The summed E-state index contributed by atoms with van der Waals surface area (Å²) < 4.78 is 5.93. The summed E-state index contributed by atoms with van der Waals surface area (Å²) in [5, 5.41) is 0. The highest BCUT2D eigenvalue weighted by Crippen LogP contribution is 2.37. The number of hydrogen-bond acceptors (Lipinski definition) is 2. The molecule has 0 N–H and O–H groups in total. The van der Waals surface area contributed by atoms with Crippen LogP contribution in [0.4, 0.5) is 0 Å². The van der Waals surface area contributed by atoms with Crippen LogP contribution in [-0.4, -0.2) is 11.6 Å². The van der Waals surface area contributed by atoms with Gasteiger partial charge in [0.1, 0.15) is 5.60 Å². The Hall–Kier alpha value is -2.35. The molecule has 0 amide bonds. The van der Waals surface area contributed by atoms with Crippen LogP contribution in [0.2, 0.25) is 0 Å². The molecule has 2 aromatic rings. The van der Waals surface area contributed by atoms with E-state index in [1.807, 2.05) is 30.3 Å². The molecule has 0 aliphatic heterocycles. The molecule has 0 unspecified atom stereocenters. The van der Waals surface area contributed by atoms with Crippen LogP contribution in [0.15, 0.2) is 66.7 Å². The van der Waals surface area contributed by atoms with Gasteiger partial charge in [-0.05, 0) is 36.5 Å². The fraction of sp³-hybridized carbons (Fsp3) is 0.286. The molecule has 0 atom stereocenters. The van der Waals surface area contributed by atoms with E-state index in [-0.39, 0.29) is 5.97 Å². The molecule has 0 fully saturated rings. The highest BCUT2D eigenvalue weighted by Gasteiger charge is 2.40. The molecule has 1 aliphatic rings. The van der Waals surface area contributed by atoms with E-state index in [4.69, 9.17) is 4.74 Å². The molecule has 0 bridgehead atoms. The molecule has 23 heavy (non-hydrogen) atoms. The van der Waals surface area contributed by atoms with E-state index in [1.54, 1.807) is 6.92 Å². The van der Waals surface area contributed by atoms with Crippen molar-refractivity contribution in [3.05, 3.63) is 83.4 Å². The number of ether oxygens (including phenoxy) is 1. The van der Waals surface area contributed by atoms with Gasteiger partial charge in [-0.25, -0.2) is 4.79 Å². The number of fused-ring (bicyclic) bond motifs is 1. The van der Waals surface area contributed by atoms with Crippen molar-refractivity contribution in [3.8, 4) is 0 Å². The fourth-order valence-corrected chi connectivity index (χ4v) is 3.26. The maximum atomic E-state index is 12.1. The highest BCUT2D eigenvalue weighted by molar-refractivity contribution is 5.87. The van der Waals surface area contributed by atoms with Crippen molar-refractivity contribution in [1.82, 2.24) is 0 Å². The van der Waals surface area contributed by atoms with Crippen molar-refractivity contribution in [2.24, 2.45) is 0 Å². The molecule has 1 aliphatic carbocycles. The predicted molar refractivity (Wildman–Crippen MR) is 92.3 cm³/mol. The second-order valence-corrected chi connectivity index (χ2v) is 6.46. The van der Waals surface area contributed by atoms with Gasteiger partial charge in [-0.15, -0.1) is 0 Å². The highest BCUT2D eigenvalue weighted by atomic mass is 16.6. The first-order valence-corrected chi connectivity index (χ1v) is 8.08. The maximum absolute atomic E-state index is 12.1. The van der Waals surface area contributed by atoms with Crippen LogP contribution in [0, 0.1) is 0 Å². The molecule has 0 heterocycles. The van der Waals surface area contributed by atoms with Crippen LogP contribution in [0.1, 0.15) is 30.0 Å². The Kier molecular flexibility index (Phi) is 4.33. The third-order valence-corrected chi connectivity index (χ3v) is 4.51. The molecule has 2 aromatic carbocycles. The summed E-state index contributed by atoms with van der Waals surface area (Å²) in [6.45, 7) is 5.42. The van der Waals surface area contributed by atoms with Crippen molar-refractivity contribution in [2.75, 3.05) is 0 Å². The minimum Gasteiger partial charge on any atom is -0.455 e. The SMILES string of the molecule is C=C(C)C(=O)OC1(CCc2ccccc2)Cc2ccccc2C1. The number of carbonyl (C=O) groups excluding carboxylic acids is 1. The molecular formula is C21H22O2. The zero-order valence-electron chi connectivity index (χ0n) is 13.5. The first-order valence-electron chi connectivity index (χ1n) is 8.08. The van der Waals surface area contributed by atoms with Gasteiger partial charge in [0, 0.05) is 18.4 Å². The summed E-state index contributed by atoms with van der Waals surface area (Å²) in [6.07, 6.45) is 3.30. The van der Waals surface area contributed by atoms with Crippen LogP contribution in [0.3, 0.4) is 0 Å². The molecule has 2 heteroatoms. The molecule has 0 spiro atoms. The van der Waals surface area contributed by atoms with Crippen LogP contribution in [0.5, 0.6) is 0 Å². The van der Waals surface area contributed by atoms with Gasteiger partial charge in [0.15, 0.2) is 0 Å². The quantitative estimate of drug-likeness (QED) is 0.609. The summed E-state index contributed by atoms with van der Waals surface area (Å²) in [7, 11) is 0. The summed E-state index contributed by atoms with van der Waals surface area (Å²) in [4.78, 5) is 12.1. The number of hydrogen-bond donors (Lipinski definition) is 0. The Morgan fingerprint density at radius 1 is 1.04 bits per heavy atom. The van der Waals surface area contributed by atoms with E-state index >= 15 is 0 Å². The van der Waals surface area contributed by atoms with Crippen LogP contribution in [0.25, 0.3) is 0 Å². The molecule has 2 nitrogen and oxygen atoms in total. The molecule has 0 radical (unpaired) electrons. The first-order chi connectivity index (χ1) is 11.1. The van der Waals surface area contributed by atoms with Gasteiger partial charge in [-0.2, -0.15) is 0 Å². The Morgan fingerprint density at radius 2 is 1.61 bits per heavy atom. The number of benzene rings is 2. The lowest BCUT2D eigenvalue weighted by molar-refractivity contribution is -0.154. The van der Waals surface area contributed by atoms with Gasteiger partial charge in [0.2, 0.25) is 0 Å². The summed E-state index contributed by atoms with van der Waals surface area (Å²) in [6, 6.07) is 18.7. The maximum Gasteiger partial charge on any atom is 0.333 e. The average Bonchev–Trinajstić information content (AvgIpc) is 2.92. The Labute approximate surface area is 137 Å². The average molecular weight is 306 g/mol. The monoisotopic (exact) mass is 306 g/mol. The zero-order valence-corrected chi connectivity index (χ0v) is 13.5. The topological polar surface area (TPSA) is 26.3 Å². The molecule has 0 saturated carbocycles. The number of rotatable bonds is 5. The van der Waals surface area contributed by atoms with E-state index in [2.05, 4.69) is 30.8 Å². The minimum atomic E-state index is -0.449. The molecule has 3 rings (SSSR count). The normalized spacial score (nSPS) is 15.0. The van der Waals surface area contributed by atoms with Gasteiger partial charge in [-0.3, -0.25) is 0 Å². The lowest BCUT2D eigenvalue weighted by atomic mass is 9.91. The Balaban J connectivity index is 1.80. The van der Waals surface area contributed by atoms with Crippen molar-refractivity contribution >= 4 is 5.97 Å². The van der Waals surface area contributed by atoms with Gasteiger partial charge in [0.05, 0.1) is 0 Å². The van der Waals surface area contributed by atoms with Gasteiger partial charge in [-0.1, -0.05) is 61.2 Å². The van der Waals surface area contributed by atoms with Crippen molar-refractivity contribution in [2.45, 2.75) is 38.2 Å². The largest absolute Gasteiger partial charge is 0.455 e. The third kappa shape index (κ3) is 3.53. The smallest absolute Gasteiger partial charge is 0.333 e. The molecule has 0 aromatic heterocycles. The second kappa shape index (κ2) is 6.41. The summed E-state index contributed by atoms with van der Waals surface area (Å²) in [5.41, 5.74) is 3.86. The summed E-state index contributed by atoms with van der Waals surface area (Å²) in [5.74, 6) is -0.286. The third-order valence-electron chi connectivity index (χ3n) is 4.51. The van der Waals surface area contributed by atoms with Crippen LogP contribution >= 0.6 is 0 Å². The summed E-state index contributed by atoms with van der Waals surface area (Å²) >= 11 is 0. The Bertz CT molecular complexity index is 691. The van der Waals surface area contributed by atoms with E-state index < -0.39 is 5.60 Å². The first kappa shape index (κ1) is 15.5. The van der Waals surface area contributed by atoms with Crippen LogP contribution in [-0.2, 0) is 28.8 Å². The van der Waals surface area contributed by atoms with Crippen LogP contribution < -0.4 is 0 Å². The minimum absolute atomic E-state index is 0.286.